The van der Waals surface area contributed by atoms with Crippen molar-refractivity contribution in [3.8, 4) is 17.4 Å². The summed E-state index contributed by atoms with van der Waals surface area (Å²) in [5.74, 6) is -0.212. The molecule has 0 saturated carbocycles. The molecule has 0 spiro atoms. The van der Waals surface area contributed by atoms with Gasteiger partial charge in [-0.25, -0.2) is 4.98 Å². The first-order valence-corrected chi connectivity index (χ1v) is 6.11. The fraction of sp³-hybridized carbons (Fsp3) is 0.214. The van der Waals surface area contributed by atoms with Gasteiger partial charge in [0.25, 0.3) is 5.88 Å². The van der Waals surface area contributed by atoms with E-state index in [4.69, 9.17) is 9.47 Å². The van der Waals surface area contributed by atoms with Gasteiger partial charge in [-0.15, -0.1) is 0 Å². The van der Waals surface area contributed by atoms with Gasteiger partial charge >= 0.3 is 5.69 Å². The molecule has 0 fully saturated rings. The molecule has 1 heterocycles. The van der Waals surface area contributed by atoms with Crippen LogP contribution in [0.3, 0.4) is 0 Å². The number of benzene rings is 1. The van der Waals surface area contributed by atoms with Crippen LogP contribution in [0.5, 0.6) is 17.4 Å². The van der Waals surface area contributed by atoms with Crippen LogP contribution in [-0.2, 0) is 11.3 Å². The maximum absolute atomic E-state index is 11.0. The fourth-order valence-electron chi connectivity index (χ4n) is 1.76. The third-order valence-electron chi connectivity index (χ3n) is 2.71. The van der Waals surface area contributed by atoms with Gasteiger partial charge in [0.05, 0.1) is 11.5 Å². The van der Waals surface area contributed by atoms with Gasteiger partial charge < -0.3 is 14.6 Å². The van der Waals surface area contributed by atoms with E-state index in [2.05, 4.69) is 4.98 Å². The Balaban J connectivity index is 2.32. The summed E-state index contributed by atoms with van der Waals surface area (Å²) in [7, 11) is 1.54. The Morgan fingerprint density at radius 1 is 1.38 bits per heavy atom. The number of pyridine rings is 1. The maximum atomic E-state index is 11.0. The number of rotatable bonds is 5. The van der Waals surface area contributed by atoms with E-state index in [9.17, 15) is 15.2 Å². The molecule has 1 aromatic heterocycles. The zero-order valence-electron chi connectivity index (χ0n) is 11.6. The summed E-state index contributed by atoms with van der Waals surface area (Å²) in [6.07, 6.45) is 1.46. The van der Waals surface area contributed by atoms with Crippen molar-refractivity contribution in [1.82, 2.24) is 4.98 Å². The summed E-state index contributed by atoms with van der Waals surface area (Å²) in [6, 6.07) is 6.03. The number of aryl methyl sites for hydroxylation is 1. The first-order chi connectivity index (χ1) is 10.0. The SMILES string of the molecule is COCc1ccc(Oc2ncc(C)cc2[N+](=O)[O-])c(O)c1. The fourth-order valence-corrected chi connectivity index (χ4v) is 1.76. The lowest BCUT2D eigenvalue weighted by Gasteiger charge is -2.09. The summed E-state index contributed by atoms with van der Waals surface area (Å²) in [5, 5.41) is 20.9. The first-order valence-electron chi connectivity index (χ1n) is 6.11. The minimum atomic E-state index is -0.578. The molecule has 1 N–H and O–H groups in total. The molecule has 0 aliphatic carbocycles. The molecule has 21 heavy (non-hydrogen) atoms. The largest absolute Gasteiger partial charge is 0.504 e. The molecule has 0 unspecified atom stereocenters. The Labute approximate surface area is 120 Å². The number of nitrogens with zero attached hydrogens (tertiary/aromatic N) is 2. The molecule has 0 radical (unpaired) electrons. The van der Waals surface area contributed by atoms with Crippen LogP contribution in [0, 0.1) is 17.0 Å². The van der Waals surface area contributed by atoms with Crippen molar-refractivity contribution in [2.24, 2.45) is 0 Å². The highest BCUT2D eigenvalue weighted by Crippen LogP contribution is 2.35. The number of methoxy groups -OCH3 is 1. The van der Waals surface area contributed by atoms with Crippen molar-refractivity contribution in [3.63, 3.8) is 0 Å². The Morgan fingerprint density at radius 2 is 2.14 bits per heavy atom. The molecule has 0 saturated heterocycles. The number of phenols is 1. The molecule has 1 aromatic carbocycles. The van der Waals surface area contributed by atoms with E-state index in [-0.39, 0.29) is 23.1 Å². The molecule has 2 rings (SSSR count). The van der Waals surface area contributed by atoms with Gasteiger partial charge in [0.1, 0.15) is 0 Å². The second-order valence-corrected chi connectivity index (χ2v) is 4.43. The summed E-state index contributed by atoms with van der Waals surface area (Å²) < 4.78 is 10.3. The lowest BCUT2D eigenvalue weighted by Crippen LogP contribution is -1.97. The molecule has 0 amide bonds. The van der Waals surface area contributed by atoms with E-state index in [1.807, 2.05) is 0 Å². The van der Waals surface area contributed by atoms with E-state index in [0.717, 1.165) is 5.56 Å². The second-order valence-electron chi connectivity index (χ2n) is 4.43. The lowest BCUT2D eigenvalue weighted by molar-refractivity contribution is -0.386. The van der Waals surface area contributed by atoms with E-state index >= 15 is 0 Å². The van der Waals surface area contributed by atoms with Crippen LogP contribution in [0.1, 0.15) is 11.1 Å². The number of aromatic hydroxyl groups is 1. The van der Waals surface area contributed by atoms with Gasteiger partial charge in [0.2, 0.25) is 0 Å². The minimum Gasteiger partial charge on any atom is -0.504 e. The molecule has 110 valence electrons. The quantitative estimate of drug-likeness (QED) is 0.672. The third kappa shape index (κ3) is 3.46. The van der Waals surface area contributed by atoms with Crippen LogP contribution in [0.2, 0.25) is 0 Å². The molecule has 0 atom stereocenters. The Morgan fingerprint density at radius 3 is 2.76 bits per heavy atom. The van der Waals surface area contributed by atoms with Crippen LogP contribution in [0.15, 0.2) is 30.5 Å². The normalized spacial score (nSPS) is 10.4. The van der Waals surface area contributed by atoms with Gasteiger partial charge in [-0.2, -0.15) is 0 Å². The lowest BCUT2D eigenvalue weighted by atomic mass is 10.2. The standard InChI is InChI=1S/C14H14N2O5/c1-9-5-11(16(18)19)14(15-7-9)21-13-4-3-10(8-20-2)6-12(13)17/h3-7,17H,8H2,1-2H3. The number of aromatic nitrogens is 1. The highest BCUT2D eigenvalue weighted by atomic mass is 16.6. The van der Waals surface area contributed by atoms with Crippen molar-refractivity contribution in [3.05, 3.63) is 51.7 Å². The van der Waals surface area contributed by atoms with Crippen molar-refractivity contribution in [2.75, 3.05) is 7.11 Å². The molecule has 0 aliphatic rings. The van der Waals surface area contributed by atoms with E-state index < -0.39 is 4.92 Å². The molecule has 7 nitrogen and oxygen atoms in total. The van der Waals surface area contributed by atoms with E-state index in [1.54, 1.807) is 20.1 Å². The Bertz CT molecular complexity index is 672. The average Bonchev–Trinajstić information content (AvgIpc) is 2.43. The van der Waals surface area contributed by atoms with Crippen molar-refractivity contribution < 1.29 is 19.5 Å². The summed E-state index contributed by atoms with van der Waals surface area (Å²) in [4.78, 5) is 14.3. The first kappa shape index (κ1) is 14.7. The Kier molecular flexibility index (Phi) is 4.34. The number of hydrogen-bond acceptors (Lipinski definition) is 6. The minimum absolute atomic E-state index is 0.0920. The predicted molar refractivity (Wildman–Crippen MR) is 74.5 cm³/mol. The number of phenolic OH excluding ortho intramolecular Hbond substituents is 1. The molecule has 7 heteroatoms. The molecular weight excluding hydrogens is 276 g/mol. The van der Waals surface area contributed by atoms with Crippen LogP contribution in [-0.4, -0.2) is 22.1 Å². The van der Waals surface area contributed by atoms with Gasteiger partial charge in [-0.05, 0) is 30.2 Å². The number of ether oxygens (including phenoxy) is 2. The molecular formula is C14H14N2O5. The Hall–Kier alpha value is -2.67. The zero-order valence-corrected chi connectivity index (χ0v) is 11.6. The maximum Gasteiger partial charge on any atom is 0.331 e. The molecule has 0 bridgehead atoms. The molecule has 0 aliphatic heterocycles. The van der Waals surface area contributed by atoms with Crippen LogP contribution < -0.4 is 4.74 Å². The second kappa shape index (κ2) is 6.19. The van der Waals surface area contributed by atoms with E-state index in [0.29, 0.717) is 12.2 Å². The molecule has 2 aromatic rings. The topological polar surface area (TPSA) is 94.7 Å². The zero-order chi connectivity index (χ0) is 15.4. The smallest absolute Gasteiger partial charge is 0.331 e. The van der Waals surface area contributed by atoms with Gasteiger partial charge in [-0.1, -0.05) is 6.07 Å². The van der Waals surface area contributed by atoms with Gasteiger partial charge in [0, 0.05) is 19.4 Å². The highest BCUT2D eigenvalue weighted by Gasteiger charge is 2.19. The monoisotopic (exact) mass is 290 g/mol. The third-order valence-corrected chi connectivity index (χ3v) is 2.71. The highest BCUT2D eigenvalue weighted by molar-refractivity contribution is 5.48. The van der Waals surface area contributed by atoms with Crippen molar-refractivity contribution in [2.45, 2.75) is 13.5 Å². The summed E-state index contributed by atoms with van der Waals surface area (Å²) >= 11 is 0. The number of nitro groups is 1. The van der Waals surface area contributed by atoms with Gasteiger partial charge in [-0.3, -0.25) is 10.1 Å². The van der Waals surface area contributed by atoms with E-state index in [1.165, 1.54) is 24.4 Å². The predicted octanol–water partition coefficient (Wildman–Crippen LogP) is 2.94. The van der Waals surface area contributed by atoms with Crippen LogP contribution in [0.25, 0.3) is 0 Å². The summed E-state index contributed by atoms with van der Waals surface area (Å²) in [6.45, 7) is 2.04. The van der Waals surface area contributed by atoms with Crippen LogP contribution in [0.4, 0.5) is 5.69 Å². The van der Waals surface area contributed by atoms with Crippen molar-refractivity contribution in [1.29, 1.82) is 0 Å². The number of hydrogen-bond donors (Lipinski definition) is 1. The van der Waals surface area contributed by atoms with Gasteiger partial charge in [0.15, 0.2) is 11.5 Å². The van der Waals surface area contributed by atoms with Crippen LogP contribution >= 0.6 is 0 Å². The van der Waals surface area contributed by atoms with Crippen molar-refractivity contribution >= 4 is 5.69 Å². The average molecular weight is 290 g/mol. The summed E-state index contributed by atoms with van der Waals surface area (Å²) in [5.41, 5.74) is 1.15.